The number of ether oxygens (including phenoxy) is 1. The highest BCUT2D eigenvalue weighted by molar-refractivity contribution is 5.98. The minimum Gasteiger partial charge on any atom is -0.491 e. The van der Waals surface area contributed by atoms with Crippen LogP contribution in [0.1, 0.15) is 23.2 Å². The fourth-order valence-corrected chi connectivity index (χ4v) is 3.90. The van der Waals surface area contributed by atoms with Crippen molar-refractivity contribution in [3.05, 3.63) is 72.3 Å². The van der Waals surface area contributed by atoms with Crippen LogP contribution in [0.3, 0.4) is 0 Å². The minimum absolute atomic E-state index is 0.0589. The highest BCUT2D eigenvalue weighted by Gasteiger charge is 2.24. The van der Waals surface area contributed by atoms with Gasteiger partial charge in [0.15, 0.2) is 0 Å². The van der Waals surface area contributed by atoms with Crippen LogP contribution in [-0.2, 0) is 4.79 Å². The van der Waals surface area contributed by atoms with Crippen molar-refractivity contribution in [2.75, 3.05) is 37.7 Å². The summed E-state index contributed by atoms with van der Waals surface area (Å²) in [5, 5.41) is 11.0. The Labute approximate surface area is 181 Å². The average molecular weight is 418 g/mol. The number of aliphatic carboxylic acids is 1. The molecule has 160 valence electrons. The van der Waals surface area contributed by atoms with Gasteiger partial charge in [-0.1, -0.05) is 42.5 Å². The monoisotopic (exact) mass is 418 g/mol. The van der Waals surface area contributed by atoms with Crippen LogP contribution in [0.5, 0.6) is 5.75 Å². The van der Waals surface area contributed by atoms with Crippen LogP contribution < -0.4 is 9.64 Å². The van der Waals surface area contributed by atoms with Crippen molar-refractivity contribution in [3.63, 3.8) is 0 Å². The molecule has 0 aromatic heterocycles. The molecule has 0 radical (unpaired) electrons. The summed E-state index contributed by atoms with van der Waals surface area (Å²) >= 11 is 0. The number of carbonyl (C=O) groups is 2. The van der Waals surface area contributed by atoms with Gasteiger partial charge in [-0.15, -0.1) is 0 Å². The Balaban J connectivity index is 1.38. The Morgan fingerprint density at radius 3 is 2.35 bits per heavy atom. The normalized spacial score (nSPS) is 13.9. The van der Waals surface area contributed by atoms with Crippen LogP contribution in [0, 0.1) is 0 Å². The molecule has 0 bridgehead atoms. The van der Waals surface area contributed by atoms with Crippen LogP contribution in [0.4, 0.5) is 5.69 Å². The van der Waals surface area contributed by atoms with Crippen molar-refractivity contribution in [1.82, 2.24) is 4.90 Å². The molecular formula is C25H26N2O4. The van der Waals surface area contributed by atoms with E-state index in [1.165, 1.54) is 0 Å². The molecule has 6 nitrogen and oxygen atoms in total. The lowest BCUT2D eigenvalue weighted by Crippen LogP contribution is -2.48. The first kappa shape index (κ1) is 20.7. The number of amides is 1. The summed E-state index contributed by atoms with van der Waals surface area (Å²) < 4.78 is 5.84. The second kappa shape index (κ2) is 9.51. The van der Waals surface area contributed by atoms with E-state index >= 15 is 0 Å². The number of anilines is 1. The third-order valence-electron chi connectivity index (χ3n) is 5.56. The number of para-hydroxylation sites is 2. The molecule has 1 amide bonds. The van der Waals surface area contributed by atoms with Crippen molar-refractivity contribution >= 4 is 28.3 Å². The van der Waals surface area contributed by atoms with E-state index in [1.807, 2.05) is 71.6 Å². The van der Waals surface area contributed by atoms with Crippen LogP contribution >= 0.6 is 0 Å². The lowest BCUT2D eigenvalue weighted by atomic mass is 10.1. The average Bonchev–Trinajstić information content (AvgIpc) is 2.81. The van der Waals surface area contributed by atoms with Gasteiger partial charge in [0.1, 0.15) is 5.75 Å². The van der Waals surface area contributed by atoms with Gasteiger partial charge in [-0.3, -0.25) is 9.59 Å². The van der Waals surface area contributed by atoms with Crippen LogP contribution in [0.25, 0.3) is 10.8 Å². The van der Waals surface area contributed by atoms with E-state index in [0.29, 0.717) is 31.7 Å². The Kier molecular flexibility index (Phi) is 6.36. The van der Waals surface area contributed by atoms with Gasteiger partial charge in [0.2, 0.25) is 0 Å². The van der Waals surface area contributed by atoms with Gasteiger partial charge in [0.05, 0.1) is 12.3 Å². The number of piperazine rings is 1. The second-order valence-corrected chi connectivity index (χ2v) is 7.65. The molecule has 6 heteroatoms. The van der Waals surface area contributed by atoms with Crippen LogP contribution in [0.15, 0.2) is 66.7 Å². The molecule has 1 saturated heterocycles. The SMILES string of the molecule is O=C(O)CCCOc1ccccc1N1CCN(C(=O)c2ccc3ccccc3c2)CC1. The molecule has 31 heavy (non-hydrogen) atoms. The molecule has 3 aromatic carbocycles. The molecule has 4 rings (SSSR count). The maximum atomic E-state index is 13.0. The third-order valence-corrected chi connectivity index (χ3v) is 5.56. The molecule has 1 aliphatic heterocycles. The molecule has 0 unspecified atom stereocenters. The first-order valence-corrected chi connectivity index (χ1v) is 10.6. The largest absolute Gasteiger partial charge is 0.491 e. The maximum absolute atomic E-state index is 13.0. The van der Waals surface area contributed by atoms with Gasteiger partial charge in [0, 0.05) is 38.2 Å². The zero-order valence-electron chi connectivity index (χ0n) is 17.4. The smallest absolute Gasteiger partial charge is 0.303 e. The van der Waals surface area contributed by atoms with Crippen LogP contribution in [0.2, 0.25) is 0 Å². The van der Waals surface area contributed by atoms with Crippen molar-refractivity contribution in [3.8, 4) is 5.75 Å². The summed E-state index contributed by atoms with van der Waals surface area (Å²) in [6.45, 7) is 3.07. The first-order chi connectivity index (χ1) is 15.1. The van der Waals surface area contributed by atoms with Gasteiger partial charge in [-0.05, 0) is 41.5 Å². The molecule has 1 fully saturated rings. The quantitative estimate of drug-likeness (QED) is 0.587. The number of fused-ring (bicyclic) bond motifs is 1. The standard InChI is InChI=1S/C25H26N2O4/c28-24(29)10-5-17-31-23-9-4-3-8-22(23)26-13-15-27(16-14-26)25(30)21-12-11-19-6-1-2-7-20(19)18-21/h1-4,6-9,11-12,18H,5,10,13-17H2,(H,28,29). The summed E-state index contributed by atoms with van der Waals surface area (Å²) in [5.74, 6) is -0.00473. The first-order valence-electron chi connectivity index (χ1n) is 10.6. The molecular weight excluding hydrogens is 392 g/mol. The minimum atomic E-state index is -0.816. The third kappa shape index (κ3) is 4.97. The molecule has 1 heterocycles. The Bertz CT molecular complexity index is 1070. The number of nitrogens with zero attached hydrogens (tertiary/aromatic N) is 2. The van der Waals surface area contributed by atoms with E-state index in [2.05, 4.69) is 4.90 Å². The van der Waals surface area contributed by atoms with E-state index in [4.69, 9.17) is 9.84 Å². The van der Waals surface area contributed by atoms with Crippen LogP contribution in [-0.4, -0.2) is 54.7 Å². The van der Waals surface area contributed by atoms with Gasteiger partial charge >= 0.3 is 5.97 Å². The summed E-state index contributed by atoms with van der Waals surface area (Å²) in [7, 11) is 0. The highest BCUT2D eigenvalue weighted by atomic mass is 16.5. The summed E-state index contributed by atoms with van der Waals surface area (Å²) in [5.41, 5.74) is 1.70. The number of carbonyl (C=O) groups excluding carboxylic acids is 1. The zero-order valence-corrected chi connectivity index (χ0v) is 17.4. The fourth-order valence-electron chi connectivity index (χ4n) is 3.90. The predicted octanol–water partition coefficient (Wildman–Crippen LogP) is 4.05. The fraction of sp³-hybridized carbons (Fsp3) is 0.280. The Morgan fingerprint density at radius 2 is 1.58 bits per heavy atom. The van der Waals surface area contributed by atoms with E-state index in [0.717, 1.165) is 35.3 Å². The molecule has 1 N–H and O–H groups in total. The van der Waals surface area contributed by atoms with Gasteiger partial charge < -0.3 is 19.6 Å². The number of hydrogen-bond donors (Lipinski definition) is 1. The number of benzene rings is 3. The lowest BCUT2D eigenvalue weighted by molar-refractivity contribution is -0.137. The van der Waals surface area contributed by atoms with E-state index in [1.54, 1.807) is 0 Å². The van der Waals surface area contributed by atoms with Gasteiger partial charge in [-0.25, -0.2) is 0 Å². The molecule has 0 aliphatic carbocycles. The maximum Gasteiger partial charge on any atom is 0.303 e. The van der Waals surface area contributed by atoms with Gasteiger partial charge in [-0.2, -0.15) is 0 Å². The van der Waals surface area contributed by atoms with Crippen molar-refractivity contribution in [2.24, 2.45) is 0 Å². The number of carboxylic acids is 1. The molecule has 0 atom stereocenters. The molecule has 3 aromatic rings. The topological polar surface area (TPSA) is 70.1 Å². The Hall–Kier alpha value is -3.54. The number of carboxylic acid groups (broad SMARTS) is 1. The molecule has 0 spiro atoms. The van der Waals surface area contributed by atoms with E-state index < -0.39 is 5.97 Å². The lowest BCUT2D eigenvalue weighted by Gasteiger charge is -2.36. The summed E-state index contributed by atoms with van der Waals surface area (Å²) in [4.78, 5) is 27.8. The molecule has 1 aliphatic rings. The number of rotatable bonds is 7. The number of hydrogen-bond acceptors (Lipinski definition) is 4. The predicted molar refractivity (Wildman–Crippen MR) is 121 cm³/mol. The Morgan fingerprint density at radius 1 is 0.871 bits per heavy atom. The summed E-state index contributed by atoms with van der Waals surface area (Å²) in [6, 6.07) is 21.7. The molecule has 0 saturated carbocycles. The second-order valence-electron chi connectivity index (χ2n) is 7.65. The zero-order chi connectivity index (χ0) is 21.6. The van der Waals surface area contributed by atoms with Crippen molar-refractivity contribution in [1.29, 1.82) is 0 Å². The summed E-state index contributed by atoms with van der Waals surface area (Å²) in [6.07, 6.45) is 0.565. The van der Waals surface area contributed by atoms with Crippen molar-refractivity contribution < 1.29 is 19.4 Å². The van der Waals surface area contributed by atoms with E-state index in [9.17, 15) is 9.59 Å². The van der Waals surface area contributed by atoms with Crippen molar-refractivity contribution in [2.45, 2.75) is 12.8 Å². The van der Waals surface area contributed by atoms with E-state index in [-0.39, 0.29) is 12.3 Å². The highest BCUT2D eigenvalue weighted by Crippen LogP contribution is 2.29. The van der Waals surface area contributed by atoms with Gasteiger partial charge in [0.25, 0.3) is 5.91 Å².